The van der Waals surface area contributed by atoms with Crippen LogP contribution in [0.3, 0.4) is 0 Å². The molecule has 1 unspecified atom stereocenters. The highest BCUT2D eigenvalue weighted by Crippen LogP contribution is 2.49. The molecule has 178 valence electrons. The predicted molar refractivity (Wildman–Crippen MR) is 124 cm³/mol. The molecule has 0 bridgehead atoms. The van der Waals surface area contributed by atoms with Gasteiger partial charge >= 0.3 is 11.9 Å². The van der Waals surface area contributed by atoms with Gasteiger partial charge in [-0.2, -0.15) is 0 Å². The number of hydrogen-bond donors (Lipinski definition) is 2. The molecule has 1 aromatic carbocycles. The van der Waals surface area contributed by atoms with Gasteiger partial charge in [-0.15, -0.1) is 0 Å². The summed E-state index contributed by atoms with van der Waals surface area (Å²) >= 11 is 0. The first kappa shape index (κ1) is 24.3. The molecule has 1 aromatic heterocycles. The number of nitrogens with zero attached hydrogens (tertiary/aromatic N) is 2. The standard InChI is InChI=1S/C24H30N2O7/c1-6-10-13-18-15(11-14-16(27)12-17(22(28)29)33-19(13)14)20(25-32-5)24(7-2,8-3)21(23(30)31)26(18)9-4/h11-12,21H,6-10H2,1-5H3,(H,28,29)(H,30,31). The Kier molecular flexibility index (Phi) is 6.81. The molecule has 0 fully saturated rings. The van der Waals surface area contributed by atoms with E-state index in [2.05, 4.69) is 5.16 Å². The number of rotatable bonds is 8. The molecule has 1 aliphatic rings. The molecule has 1 atom stereocenters. The van der Waals surface area contributed by atoms with Gasteiger partial charge in [0.25, 0.3) is 0 Å². The van der Waals surface area contributed by atoms with Crippen molar-refractivity contribution < 1.29 is 29.1 Å². The van der Waals surface area contributed by atoms with Crippen molar-refractivity contribution >= 4 is 34.3 Å². The Morgan fingerprint density at radius 3 is 2.33 bits per heavy atom. The van der Waals surface area contributed by atoms with Gasteiger partial charge in [0.05, 0.1) is 16.8 Å². The number of carbonyl (C=O) groups is 2. The van der Waals surface area contributed by atoms with Crippen LogP contribution in [0.25, 0.3) is 11.0 Å². The molecule has 3 rings (SSSR count). The van der Waals surface area contributed by atoms with E-state index < -0.39 is 34.6 Å². The number of aromatic carboxylic acids is 1. The van der Waals surface area contributed by atoms with Gasteiger partial charge in [-0.25, -0.2) is 9.59 Å². The van der Waals surface area contributed by atoms with Gasteiger partial charge in [0.2, 0.25) is 5.76 Å². The Bertz CT molecular complexity index is 1180. The van der Waals surface area contributed by atoms with Crippen LogP contribution >= 0.6 is 0 Å². The molecule has 0 amide bonds. The second kappa shape index (κ2) is 9.25. The zero-order valence-electron chi connectivity index (χ0n) is 19.6. The lowest BCUT2D eigenvalue weighted by atomic mass is 9.65. The summed E-state index contributed by atoms with van der Waals surface area (Å²) in [7, 11) is 1.41. The van der Waals surface area contributed by atoms with Crippen LogP contribution in [-0.4, -0.2) is 47.6 Å². The SMILES string of the molecule is CCCc1c2c(cc3c(=O)cc(C(=O)O)oc13)C(=NOC)C(CC)(CC)C(C(=O)O)N2CC. The summed E-state index contributed by atoms with van der Waals surface area (Å²) in [6, 6.07) is 1.68. The molecule has 2 aromatic rings. The molecule has 0 radical (unpaired) electrons. The first-order chi connectivity index (χ1) is 15.7. The molecule has 0 aliphatic carbocycles. The average molecular weight is 459 g/mol. The van der Waals surface area contributed by atoms with Crippen LogP contribution in [0.1, 0.15) is 68.6 Å². The number of likely N-dealkylation sites (N-methyl/N-ethyl adjacent to an activating group) is 1. The number of hydrogen-bond acceptors (Lipinski definition) is 7. The number of carboxylic acid groups (broad SMARTS) is 2. The lowest BCUT2D eigenvalue weighted by Crippen LogP contribution is -2.60. The third-order valence-electron chi connectivity index (χ3n) is 6.67. The highest BCUT2D eigenvalue weighted by Gasteiger charge is 2.53. The van der Waals surface area contributed by atoms with Crippen LogP contribution in [0.2, 0.25) is 0 Å². The van der Waals surface area contributed by atoms with E-state index in [4.69, 9.17) is 9.25 Å². The summed E-state index contributed by atoms with van der Waals surface area (Å²) in [5.41, 5.74) is 1.12. The zero-order chi connectivity index (χ0) is 24.5. The van der Waals surface area contributed by atoms with E-state index in [1.807, 2.05) is 32.6 Å². The Hall–Kier alpha value is -3.36. The van der Waals surface area contributed by atoms with Gasteiger partial charge in [0, 0.05) is 29.2 Å². The van der Waals surface area contributed by atoms with Crippen LogP contribution < -0.4 is 10.3 Å². The largest absolute Gasteiger partial charge is 0.480 e. The molecule has 9 heteroatoms. The van der Waals surface area contributed by atoms with E-state index >= 15 is 0 Å². The molecule has 2 heterocycles. The van der Waals surface area contributed by atoms with E-state index in [1.54, 1.807) is 6.07 Å². The van der Waals surface area contributed by atoms with Gasteiger partial charge in [0.15, 0.2) is 5.43 Å². The quantitative estimate of drug-likeness (QED) is 0.570. The fourth-order valence-corrected chi connectivity index (χ4v) is 5.18. The van der Waals surface area contributed by atoms with E-state index in [9.17, 15) is 24.6 Å². The molecule has 9 nitrogen and oxygen atoms in total. The number of oxime groups is 1. The second-order valence-corrected chi connectivity index (χ2v) is 8.17. The number of anilines is 1. The van der Waals surface area contributed by atoms with E-state index in [-0.39, 0.29) is 11.0 Å². The van der Waals surface area contributed by atoms with Crippen molar-refractivity contribution in [2.75, 3.05) is 18.6 Å². The normalized spacial score (nSPS) is 18.4. The smallest absolute Gasteiger partial charge is 0.371 e. The predicted octanol–water partition coefficient (Wildman–Crippen LogP) is 3.89. The Morgan fingerprint density at radius 1 is 1.18 bits per heavy atom. The highest BCUT2D eigenvalue weighted by molar-refractivity contribution is 6.16. The van der Waals surface area contributed by atoms with Crippen molar-refractivity contribution in [1.82, 2.24) is 0 Å². The molecular formula is C24H30N2O7. The minimum Gasteiger partial charge on any atom is -0.480 e. The van der Waals surface area contributed by atoms with Gasteiger partial charge in [0.1, 0.15) is 18.7 Å². The lowest BCUT2D eigenvalue weighted by Gasteiger charge is -2.49. The number of aryl methyl sites for hydroxylation is 1. The molecule has 0 saturated carbocycles. The van der Waals surface area contributed by atoms with Gasteiger partial charge in [-0.1, -0.05) is 32.3 Å². The topological polar surface area (TPSA) is 130 Å². The molecule has 1 aliphatic heterocycles. The van der Waals surface area contributed by atoms with Crippen LogP contribution in [0, 0.1) is 5.41 Å². The third kappa shape index (κ3) is 3.65. The number of aliphatic carboxylic acids is 1. The van der Waals surface area contributed by atoms with Crippen molar-refractivity contribution in [3.8, 4) is 0 Å². The number of fused-ring (bicyclic) bond motifs is 2. The maximum atomic E-state index is 12.9. The first-order valence-corrected chi connectivity index (χ1v) is 11.2. The lowest BCUT2D eigenvalue weighted by molar-refractivity contribution is -0.141. The second-order valence-electron chi connectivity index (χ2n) is 8.17. The van der Waals surface area contributed by atoms with Crippen molar-refractivity contribution in [1.29, 1.82) is 0 Å². The summed E-state index contributed by atoms with van der Waals surface area (Å²) in [6.07, 6.45) is 2.12. The van der Waals surface area contributed by atoms with Gasteiger partial charge in [-0.3, -0.25) is 4.79 Å². The van der Waals surface area contributed by atoms with Crippen LogP contribution in [0.5, 0.6) is 0 Å². The summed E-state index contributed by atoms with van der Waals surface area (Å²) < 4.78 is 5.70. The van der Waals surface area contributed by atoms with Crippen molar-refractivity contribution in [2.45, 2.75) is 59.4 Å². The van der Waals surface area contributed by atoms with E-state index in [1.165, 1.54) is 7.11 Å². The van der Waals surface area contributed by atoms with E-state index in [0.29, 0.717) is 54.8 Å². The Balaban J connectivity index is 2.59. The van der Waals surface area contributed by atoms with Gasteiger partial charge < -0.3 is 24.4 Å². The minimum absolute atomic E-state index is 0.167. The fourth-order valence-electron chi connectivity index (χ4n) is 5.18. The van der Waals surface area contributed by atoms with Crippen molar-refractivity contribution in [2.24, 2.45) is 10.6 Å². The zero-order valence-corrected chi connectivity index (χ0v) is 19.6. The summed E-state index contributed by atoms with van der Waals surface area (Å²) in [5, 5.41) is 24.3. The van der Waals surface area contributed by atoms with Crippen molar-refractivity contribution in [3.63, 3.8) is 0 Å². The maximum Gasteiger partial charge on any atom is 0.371 e. The Labute approximate surface area is 191 Å². The van der Waals surface area contributed by atoms with Crippen LogP contribution in [-0.2, 0) is 16.1 Å². The molecule has 0 saturated heterocycles. The van der Waals surface area contributed by atoms with E-state index in [0.717, 1.165) is 6.07 Å². The monoisotopic (exact) mass is 458 g/mol. The van der Waals surface area contributed by atoms with Crippen LogP contribution in [0.15, 0.2) is 26.5 Å². The third-order valence-corrected chi connectivity index (χ3v) is 6.67. The summed E-state index contributed by atoms with van der Waals surface area (Å²) in [4.78, 5) is 44.2. The molecular weight excluding hydrogens is 428 g/mol. The fraction of sp³-hybridized carbons (Fsp3) is 0.500. The molecule has 0 spiro atoms. The van der Waals surface area contributed by atoms with Crippen LogP contribution in [0.4, 0.5) is 5.69 Å². The maximum absolute atomic E-state index is 12.9. The van der Waals surface area contributed by atoms with Crippen molar-refractivity contribution in [3.05, 3.63) is 39.2 Å². The molecule has 33 heavy (non-hydrogen) atoms. The first-order valence-electron chi connectivity index (χ1n) is 11.2. The Morgan fingerprint density at radius 2 is 1.85 bits per heavy atom. The van der Waals surface area contributed by atoms with Gasteiger partial charge in [-0.05, 0) is 32.3 Å². The molecule has 2 N–H and O–H groups in total. The minimum atomic E-state index is -1.34. The highest BCUT2D eigenvalue weighted by atomic mass is 16.6. The summed E-state index contributed by atoms with van der Waals surface area (Å²) in [6.45, 7) is 8.05. The summed E-state index contributed by atoms with van der Waals surface area (Å²) in [5.74, 6) is -2.79. The average Bonchev–Trinajstić information content (AvgIpc) is 2.79. The number of benzene rings is 1. The number of carboxylic acids is 2.